The van der Waals surface area contributed by atoms with Gasteiger partial charge in [0, 0.05) is 13.5 Å². The standard InChI is InChI=1S/C27H54NO8/c1-27(2,3)36-26(35)7-5-6-20(29)8-9-21(30)10-11-22(31)12-13-23(32)14-15-24(33)16-17-25(34)18-19-28-4/h20-25,28-34H,4-19H2,1-3H3. The molecule has 0 rings (SSSR count). The minimum atomic E-state index is -0.630. The average Bonchev–Trinajstić information content (AvgIpc) is 2.79. The van der Waals surface area contributed by atoms with Crippen molar-refractivity contribution >= 4 is 5.97 Å². The summed E-state index contributed by atoms with van der Waals surface area (Å²) in [6.07, 6.45) is 2.66. The Labute approximate surface area is 218 Å². The third kappa shape index (κ3) is 22.4. The Morgan fingerprint density at radius 3 is 1.25 bits per heavy atom. The second kappa shape index (κ2) is 20.2. The van der Waals surface area contributed by atoms with E-state index in [2.05, 4.69) is 12.4 Å². The Balaban J connectivity index is 3.84. The number of rotatable bonds is 22. The topological polar surface area (TPSA) is 160 Å². The monoisotopic (exact) mass is 520 g/mol. The number of carbonyl (C=O) groups excluding carboxylic acids is 1. The van der Waals surface area contributed by atoms with E-state index in [1.54, 1.807) is 0 Å². The van der Waals surface area contributed by atoms with Crippen molar-refractivity contribution in [3.05, 3.63) is 7.05 Å². The highest BCUT2D eigenvalue weighted by Gasteiger charge is 2.18. The first-order valence-corrected chi connectivity index (χ1v) is 13.6. The number of esters is 1. The molecule has 7 N–H and O–H groups in total. The van der Waals surface area contributed by atoms with E-state index in [0.717, 1.165) is 0 Å². The molecule has 0 fully saturated rings. The molecule has 215 valence electrons. The lowest BCUT2D eigenvalue weighted by Crippen LogP contribution is -2.24. The predicted molar refractivity (Wildman–Crippen MR) is 140 cm³/mol. The summed E-state index contributed by atoms with van der Waals surface area (Å²) in [5.41, 5.74) is -0.514. The van der Waals surface area contributed by atoms with Crippen LogP contribution in [0.4, 0.5) is 0 Å². The first-order chi connectivity index (χ1) is 16.8. The van der Waals surface area contributed by atoms with E-state index in [4.69, 9.17) is 4.74 Å². The first kappa shape index (κ1) is 35.2. The van der Waals surface area contributed by atoms with Crippen LogP contribution < -0.4 is 5.32 Å². The van der Waals surface area contributed by atoms with E-state index in [1.807, 2.05) is 20.8 Å². The predicted octanol–water partition coefficient (Wildman–Crippen LogP) is 2.34. The summed E-state index contributed by atoms with van der Waals surface area (Å²) >= 11 is 0. The molecule has 1 radical (unpaired) electrons. The fraction of sp³-hybridized carbons (Fsp3) is 0.926. The van der Waals surface area contributed by atoms with E-state index < -0.39 is 42.2 Å². The largest absolute Gasteiger partial charge is 0.460 e. The summed E-state index contributed by atoms with van der Waals surface area (Å²) in [6, 6.07) is 0. The van der Waals surface area contributed by atoms with Crippen LogP contribution in [-0.2, 0) is 9.53 Å². The summed E-state index contributed by atoms with van der Waals surface area (Å²) in [6.45, 7) is 6.06. The first-order valence-electron chi connectivity index (χ1n) is 13.6. The van der Waals surface area contributed by atoms with Crippen molar-refractivity contribution in [3.8, 4) is 0 Å². The van der Waals surface area contributed by atoms with Gasteiger partial charge in [0.25, 0.3) is 0 Å². The van der Waals surface area contributed by atoms with Crippen molar-refractivity contribution in [2.75, 3.05) is 6.54 Å². The van der Waals surface area contributed by atoms with Gasteiger partial charge >= 0.3 is 5.97 Å². The molecule has 0 aromatic rings. The summed E-state index contributed by atoms with van der Waals surface area (Å²) in [5, 5.41) is 63.1. The molecule has 0 bridgehead atoms. The number of hydrogen-bond acceptors (Lipinski definition) is 9. The van der Waals surface area contributed by atoms with Crippen molar-refractivity contribution in [2.45, 2.75) is 153 Å². The molecule has 9 nitrogen and oxygen atoms in total. The van der Waals surface area contributed by atoms with E-state index in [9.17, 15) is 35.4 Å². The summed E-state index contributed by atoms with van der Waals surface area (Å²) in [7, 11) is 3.50. The molecule has 0 amide bonds. The van der Waals surface area contributed by atoms with Crippen LogP contribution >= 0.6 is 0 Å². The van der Waals surface area contributed by atoms with Gasteiger partial charge in [-0.05, 0) is 111 Å². The summed E-state index contributed by atoms with van der Waals surface area (Å²) < 4.78 is 5.24. The van der Waals surface area contributed by atoms with Gasteiger partial charge in [-0.15, -0.1) is 0 Å². The van der Waals surface area contributed by atoms with Gasteiger partial charge in [0.1, 0.15) is 5.60 Å². The number of ether oxygens (including phenoxy) is 1. The number of hydrogen-bond donors (Lipinski definition) is 7. The highest BCUT2D eigenvalue weighted by molar-refractivity contribution is 5.69. The van der Waals surface area contributed by atoms with Crippen LogP contribution in [0.25, 0.3) is 0 Å². The minimum Gasteiger partial charge on any atom is -0.460 e. The fourth-order valence-electron chi connectivity index (χ4n) is 3.93. The molecule has 0 aliphatic carbocycles. The molecule has 0 aliphatic rings. The Hall–Kier alpha value is -0.810. The third-order valence-electron chi connectivity index (χ3n) is 6.16. The highest BCUT2D eigenvalue weighted by atomic mass is 16.6. The molecule has 0 heterocycles. The van der Waals surface area contributed by atoms with Crippen molar-refractivity contribution in [1.29, 1.82) is 0 Å². The molecule has 0 aliphatic heterocycles. The molecule has 6 unspecified atom stereocenters. The number of aliphatic hydroxyl groups excluding tert-OH is 6. The number of carbonyl (C=O) groups is 1. The Kier molecular flexibility index (Phi) is 19.7. The van der Waals surface area contributed by atoms with Crippen LogP contribution in [0.1, 0.15) is 111 Å². The zero-order valence-electron chi connectivity index (χ0n) is 22.8. The highest BCUT2D eigenvalue weighted by Crippen LogP contribution is 2.17. The zero-order valence-corrected chi connectivity index (χ0v) is 22.8. The van der Waals surface area contributed by atoms with E-state index in [0.29, 0.717) is 90.0 Å². The Bertz CT molecular complexity index is 542. The van der Waals surface area contributed by atoms with Crippen LogP contribution in [0, 0.1) is 7.05 Å². The molecule has 0 aromatic heterocycles. The molecule has 9 heteroatoms. The van der Waals surface area contributed by atoms with E-state index >= 15 is 0 Å². The molecular formula is C27H54NO8. The number of nitrogens with one attached hydrogen (secondary N) is 1. The van der Waals surface area contributed by atoms with Gasteiger partial charge in [-0.25, -0.2) is 0 Å². The Morgan fingerprint density at radius 1 is 0.639 bits per heavy atom. The van der Waals surface area contributed by atoms with Crippen molar-refractivity contribution in [2.24, 2.45) is 0 Å². The molecule has 0 saturated heterocycles. The second-order valence-electron chi connectivity index (χ2n) is 11.1. The van der Waals surface area contributed by atoms with Gasteiger partial charge in [0.05, 0.1) is 36.6 Å². The van der Waals surface area contributed by atoms with Gasteiger partial charge in [0.15, 0.2) is 0 Å². The molecule has 0 spiro atoms. The van der Waals surface area contributed by atoms with Crippen LogP contribution in [-0.4, -0.2) is 85.4 Å². The average molecular weight is 521 g/mol. The smallest absolute Gasteiger partial charge is 0.306 e. The Morgan fingerprint density at radius 2 is 0.944 bits per heavy atom. The van der Waals surface area contributed by atoms with Gasteiger partial charge in [-0.2, -0.15) is 0 Å². The minimum absolute atomic E-state index is 0.256. The second-order valence-corrected chi connectivity index (χ2v) is 11.1. The van der Waals surface area contributed by atoms with Crippen LogP contribution in [0.3, 0.4) is 0 Å². The number of aliphatic hydroxyl groups is 6. The van der Waals surface area contributed by atoms with Crippen molar-refractivity contribution < 1.29 is 40.2 Å². The summed E-state index contributed by atoms with van der Waals surface area (Å²) in [4.78, 5) is 11.7. The summed E-state index contributed by atoms with van der Waals surface area (Å²) in [5.74, 6) is -0.279. The maximum Gasteiger partial charge on any atom is 0.306 e. The van der Waals surface area contributed by atoms with E-state index in [-0.39, 0.29) is 12.4 Å². The van der Waals surface area contributed by atoms with Crippen molar-refractivity contribution in [3.63, 3.8) is 0 Å². The molecule has 0 saturated carbocycles. The maximum atomic E-state index is 11.7. The van der Waals surface area contributed by atoms with Crippen LogP contribution in [0.2, 0.25) is 0 Å². The lowest BCUT2D eigenvalue weighted by atomic mass is 9.97. The van der Waals surface area contributed by atoms with Gasteiger partial charge in [-0.1, -0.05) is 0 Å². The lowest BCUT2D eigenvalue weighted by molar-refractivity contribution is -0.155. The quantitative estimate of drug-likeness (QED) is 0.106. The van der Waals surface area contributed by atoms with Gasteiger partial charge < -0.3 is 40.7 Å². The molecule has 6 atom stereocenters. The zero-order chi connectivity index (χ0) is 27.6. The molecule has 36 heavy (non-hydrogen) atoms. The SMILES string of the molecule is [CH2]NCCC(O)CCC(O)CCC(O)CCC(O)CCC(O)CCC(O)CCCC(=O)OC(C)(C)C. The lowest BCUT2D eigenvalue weighted by Gasteiger charge is -2.20. The molecular weight excluding hydrogens is 466 g/mol. The fourth-order valence-corrected chi connectivity index (χ4v) is 3.93. The molecule has 0 aromatic carbocycles. The van der Waals surface area contributed by atoms with Gasteiger partial charge in [-0.3, -0.25) is 4.79 Å². The normalized spacial score (nSPS) is 17.3. The van der Waals surface area contributed by atoms with E-state index in [1.165, 1.54) is 0 Å². The van der Waals surface area contributed by atoms with Crippen LogP contribution in [0.5, 0.6) is 0 Å². The third-order valence-corrected chi connectivity index (χ3v) is 6.16. The van der Waals surface area contributed by atoms with Crippen LogP contribution in [0.15, 0.2) is 0 Å². The maximum absolute atomic E-state index is 11.7. The van der Waals surface area contributed by atoms with Crippen molar-refractivity contribution in [1.82, 2.24) is 5.32 Å². The van der Waals surface area contributed by atoms with Gasteiger partial charge in [0.2, 0.25) is 0 Å².